The Balaban J connectivity index is 2.68. The van der Waals surface area contributed by atoms with E-state index in [9.17, 15) is 8.78 Å². The van der Waals surface area contributed by atoms with Crippen LogP contribution in [0.4, 0.5) is 8.78 Å². The van der Waals surface area contributed by atoms with Crippen molar-refractivity contribution in [1.29, 1.82) is 0 Å². The van der Waals surface area contributed by atoms with Crippen LogP contribution in [0.2, 0.25) is 5.02 Å². The van der Waals surface area contributed by atoms with Crippen molar-refractivity contribution < 1.29 is 8.78 Å². The third kappa shape index (κ3) is 2.37. The van der Waals surface area contributed by atoms with Crippen molar-refractivity contribution >= 4 is 11.6 Å². The van der Waals surface area contributed by atoms with Crippen LogP contribution in [0.25, 0.3) is 11.1 Å². The average Bonchev–Trinajstić information content (AvgIpc) is 2.34. The van der Waals surface area contributed by atoms with Gasteiger partial charge in [0.2, 0.25) is 0 Å². The van der Waals surface area contributed by atoms with E-state index >= 15 is 0 Å². The van der Waals surface area contributed by atoms with Crippen molar-refractivity contribution in [3.63, 3.8) is 0 Å². The van der Waals surface area contributed by atoms with E-state index in [0.717, 1.165) is 5.56 Å². The normalized spacial score (nSPS) is 10.7. The summed E-state index contributed by atoms with van der Waals surface area (Å²) in [5.74, 6) is -0.755. The largest absolute Gasteiger partial charge is 0.326 e. The Morgan fingerprint density at radius 1 is 1.11 bits per heavy atom. The van der Waals surface area contributed by atoms with E-state index in [1.54, 1.807) is 19.1 Å². The Bertz CT molecular complexity index is 597. The molecule has 0 unspecified atom stereocenters. The molecule has 0 spiro atoms. The first-order valence-corrected chi connectivity index (χ1v) is 5.85. The van der Waals surface area contributed by atoms with E-state index in [-0.39, 0.29) is 23.2 Å². The molecule has 0 aliphatic rings. The van der Waals surface area contributed by atoms with E-state index in [4.69, 9.17) is 17.3 Å². The van der Waals surface area contributed by atoms with Gasteiger partial charge in [-0.15, -0.1) is 0 Å². The van der Waals surface area contributed by atoms with Crippen molar-refractivity contribution in [2.24, 2.45) is 5.73 Å². The molecule has 1 nitrogen and oxygen atoms in total. The van der Waals surface area contributed by atoms with Crippen LogP contribution in [-0.2, 0) is 6.54 Å². The summed E-state index contributed by atoms with van der Waals surface area (Å²) in [7, 11) is 0. The van der Waals surface area contributed by atoms with Gasteiger partial charge in [-0.3, -0.25) is 0 Å². The van der Waals surface area contributed by atoms with E-state index < -0.39 is 0 Å². The lowest BCUT2D eigenvalue weighted by atomic mass is 9.98. The number of nitrogens with two attached hydrogens (primary N) is 1. The maximum Gasteiger partial charge on any atom is 0.127 e. The molecule has 0 bridgehead atoms. The summed E-state index contributed by atoms with van der Waals surface area (Å²) >= 11 is 6.01. The predicted octanol–water partition coefficient (Wildman–Crippen LogP) is 4.05. The molecular weight excluding hydrogens is 256 g/mol. The van der Waals surface area contributed by atoms with Crippen molar-refractivity contribution in [1.82, 2.24) is 0 Å². The molecule has 4 heteroatoms. The van der Waals surface area contributed by atoms with E-state index in [1.165, 1.54) is 18.2 Å². The Morgan fingerprint density at radius 2 is 1.83 bits per heavy atom. The zero-order valence-corrected chi connectivity index (χ0v) is 10.6. The van der Waals surface area contributed by atoms with Gasteiger partial charge in [0.1, 0.15) is 11.6 Å². The van der Waals surface area contributed by atoms with Crippen LogP contribution in [-0.4, -0.2) is 0 Å². The highest BCUT2D eigenvalue weighted by molar-refractivity contribution is 6.33. The van der Waals surface area contributed by atoms with Gasteiger partial charge < -0.3 is 5.73 Å². The molecule has 0 radical (unpaired) electrons. The summed E-state index contributed by atoms with van der Waals surface area (Å²) in [6.45, 7) is 1.90. The van der Waals surface area contributed by atoms with Crippen LogP contribution >= 0.6 is 11.6 Å². The van der Waals surface area contributed by atoms with E-state index in [1.807, 2.05) is 0 Å². The average molecular weight is 268 g/mol. The fraction of sp³-hybridized carbons (Fsp3) is 0.143. The van der Waals surface area contributed by atoms with Crippen LogP contribution in [0.15, 0.2) is 30.3 Å². The van der Waals surface area contributed by atoms with Gasteiger partial charge in [-0.1, -0.05) is 17.7 Å². The first-order valence-electron chi connectivity index (χ1n) is 5.47. The zero-order chi connectivity index (χ0) is 13.3. The number of halogens is 3. The van der Waals surface area contributed by atoms with Gasteiger partial charge in [0.25, 0.3) is 0 Å². The Kier molecular flexibility index (Phi) is 3.64. The van der Waals surface area contributed by atoms with Gasteiger partial charge in [0, 0.05) is 12.1 Å². The predicted molar refractivity (Wildman–Crippen MR) is 69.4 cm³/mol. The molecule has 0 amide bonds. The molecule has 0 aliphatic heterocycles. The molecule has 0 aromatic heterocycles. The number of benzene rings is 2. The van der Waals surface area contributed by atoms with Crippen molar-refractivity contribution in [3.8, 4) is 11.1 Å². The topological polar surface area (TPSA) is 26.0 Å². The molecule has 2 N–H and O–H groups in total. The molecule has 0 heterocycles. The summed E-state index contributed by atoms with van der Waals surface area (Å²) in [4.78, 5) is 0. The molecule has 0 saturated heterocycles. The van der Waals surface area contributed by atoms with Crippen molar-refractivity contribution in [2.45, 2.75) is 13.5 Å². The minimum atomic E-state index is -0.380. The molecule has 2 aromatic rings. The van der Waals surface area contributed by atoms with Crippen molar-refractivity contribution in [3.05, 3.63) is 58.1 Å². The van der Waals surface area contributed by atoms with Crippen LogP contribution in [0.1, 0.15) is 11.1 Å². The lowest BCUT2D eigenvalue weighted by Crippen LogP contribution is -2.00. The fourth-order valence-corrected chi connectivity index (χ4v) is 2.09. The molecule has 2 rings (SSSR count). The number of aryl methyl sites for hydroxylation is 1. The molecule has 0 atom stereocenters. The molecule has 0 fully saturated rings. The maximum absolute atomic E-state index is 13.4. The number of hydrogen-bond acceptors (Lipinski definition) is 1. The van der Waals surface area contributed by atoms with Gasteiger partial charge in [-0.05, 0) is 47.9 Å². The third-order valence-corrected chi connectivity index (χ3v) is 3.14. The van der Waals surface area contributed by atoms with Crippen LogP contribution in [0.5, 0.6) is 0 Å². The lowest BCUT2D eigenvalue weighted by Gasteiger charge is -2.11. The number of hydrogen-bond donors (Lipinski definition) is 1. The second-order valence-electron chi connectivity index (χ2n) is 4.09. The monoisotopic (exact) mass is 267 g/mol. The summed E-state index contributed by atoms with van der Waals surface area (Å²) in [5, 5.41) is 0.249. The van der Waals surface area contributed by atoms with Gasteiger partial charge in [0.15, 0.2) is 0 Å². The zero-order valence-electron chi connectivity index (χ0n) is 9.81. The minimum Gasteiger partial charge on any atom is -0.326 e. The lowest BCUT2D eigenvalue weighted by molar-refractivity contribution is 0.618. The van der Waals surface area contributed by atoms with E-state index in [2.05, 4.69) is 0 Å². The highest BCUT2D eigenvalue weighted by atomic mass is 35.5. The van der Waals surface area contributed by atoms with Gasteiger partial charge in [-0.25, -0.2) is 8.78 Å². The summed E-state index contributed by atoms with van der Waals surface area (Å²) in [5.41, 5.74) is 8.04. The molecule has 18 heavy (non-hydrogen) atoms. The second-order valence-corrected chi connectivity index (χ2v) is 4.49. The fourth-order valence-electron chi connectivity index (χ4n) is 1.84. The summed E-state index contributed by atoms with van der Waals surface area (Å²) in [6.07, 6.45) is 0. The first kappa shape index (κ1) is 13.0. The van der Waals surface area contributed by atoms with Gasteiger partial charge in [-0.2, -0.15) is 0 Å². The molecular formula is C14H12ClF2N. The number of rotatable bonds is 2. The van der Waals surface area contributed by atoms with Gasteiger partial charge in [0.05, 0.1) is 5.02 Å². The Hall–Kier alpha value is -1.45. The molecule has 0 saturated carbocycles. The van der Waals surface area contributed by atoms with E-state index in [0.29, 0.717) is 16.7 Å². The highest BCUT2D eigenvalue weighted by Gasteiger charge is 2.12. The quantitative estimate of drug-likeness (QED) is 0.873. The molecule has 94 valence electrons. The first-order chi connectivity index (χ1) is 8.52. The Morgan fingerprint density at radius 3 is 2.50 bits per heavy atom. The third-order valence-electron chi connectivity index (χ3n) is 2.83. The van der Waals surface area contributed by atoms with Crippen LogP contribution in [0, 0.1) is 18.6 Å². The second kappa shape index (κ2) is 5.04. The molecule has 0 aliphatic carbocycles. The Labute approximate surface area is 109 Å². The summed E-state index contributed by atoms with van der Waals surface area (Å²) in [6, 6.07) is 7.15. The SMILES string of the molecule is Cc1cc(-c2cc(F)ccc2CN)c(Cl)cc1F. The maximum atomic E-state index is 13.4. The van der Waals surface area contributed by atoms with Gasteiger partial charge >= 0.3 is 0 Å². The van der Waals surface area contributed by atoms with Crippen molar-refractivity contribution in [2.75, 3.05) is 0 Å². The van der Waals surface area contributed by atoms with Crippen LogP contribution < -0.4 is 5.73 Å². The standard InChI is InChI=1S/C14H12ClF2N/c1-8-4-12(13(15)6-14(8)17)11-5-10(16)3-2-9(11)7-18/h2-6H,7,18H2,1H3. The van der Waals surface area contributed by atoms with Crippen LogP contribution in [0.3, 0.4) is 0 Å². The summed E-state index contributed by atoms with van der Waals surface area (Å²) < 4.78 is 26.7. The minimum absolute atomic E-state index is 0.249. The smallest absolute Gasteiger partial charge is 0.127 e. The highest BCUT2D eigenvalue weighted by Crippen LogP contribution is 2.33. The molecule has 2 aromatic carbocycles.